The van der Waals surface area contributed by atoms with Gasteiger partial charge in [0.1, 0.15) is 12.0 Å². The van der Waals surface area contributed by atoms with Gasteiger partial charge in [0.2, 0.25) is 5.95 Å². The van der Waals surface area contributed by atoms with E-state index in [9.17, 15) is 0 Å². The third kappa shape index (κ3) is 4.76. The van der Waals surface area contributed by atoms with Crippen molar-refractivity contribution in [2.45, 2.75) is 19.5 Å². The van der Waals surface area contributed by atoms with Gasteiger partial charge in [0.05, 0.1) is 5.69 Å². The van der Waals surface area contributed by atoms with Gasteiger partial charge in [0.15, 0.2) is 0 Å². The molecule has 0 amide bonds. The van der Waals surface area contributed by atoms with Gasteiger partial charge in [-0.05, 0) is 36.1 Å². The van der Waals surface area contributed by atoms with E-state index in [1.807, 2.05) is 60.9 Å². The molecule has 7 N–H and O–H groups in total. The molecular formula is C20H23ClN6O. The fraction of sp³-hybridized carbons (Fsp3) is 0.200. The molecule has 7 nitrogen and oxygen atoms in total. The molecule has 146 valence electrons. The first kappa shape index (κ1) is 20.0. The Kier molecular flexibility index (Phi) is 6.43. The maximum absolute atomic E-state index is 8.87. The number of anilines is 2. The second kappa shape index (κ2) is 8.99. The summed E-state index contributed by atoms with van der Waals surface area (Å²) in [4.78, 5) is 8.60. The molecule has 2 aromatic carbocycles. The summed E-state index contributed by atoms with van der Waals surface area (Å²) < 4.78 is 0. The summed E-state index contributed by atoms with van der Waals surface area (Å²) in [5.74, 6) is 0.860. The van der Waals surface area contributed by atoms with Crippen LogP contribution in [0.3, 0.4) is 0 Å². The number of hydrogen-bond acceptors (Lipinski definition) is 7. The van der Waals surface area contributed by atoms with Crippen LogP contribution in [0.25, 0.3) is 11.3 Å². The molecule has 0 aliphatic rings. The number of nitrogens with two attached hydrogens (primary N) is 2. The highest BCUT2D eigenvalue weighted by Gasteiger charge is 2.09. The monoisotopic (exact) mass is 398 g/mol. The zero-order chi connectivity index (χ0) is 20.1. The predicted octanol–water partition coefficient (Wildman–Crippen LogP) is 3.28. The molecule has 0 aliphatic heterocycles. The molecule has 3 rings (SSSR count). The van der Waals surface area contributed by atoms with Gasteiger partial charge in [0.25, 0.3) is 0 Å². The molecule has 0 radical (unpaired) electrons. The Labute approximate surface area is 168 Å². The zero-order valence-corrected chi connectivity index (χ0v) is 16.2. The van der Waals surface area contributed by atoms with Crippen molar-refractivity contribution in [3.63, 3.8) is 0 Å². The van der Waals surface area contributed by atoms with Crippen LogP contribution in [-0.2, 0) is 6.42 Å². The highest BCUT2D eigenvalue weighted by molar-refractivity contribution is 6.31. The van der Waals surface area contributed by atoms with Gasteiger partial charge in [-0.3, -0.25) is 0 Å². The Morgan fingerprint density at radius 2 is 1.89 bits per heavy atom. The van der Waals surface area contributed by atoms with Gasteiger partial charge in [-0.25, -0.2) is 4.98 Å². The van der Waals surface area contributed by atoms with Crippen LogP contribution >= 0.6 is 11.6 Å². The molecule has 0 spiro atoms. The number of nitrogen functional groups attached to an aromatic ring is 1. The topological polar surface area (TPSA) is 122 Å². The average Bonchev–Trinajstić information content (AvgIpc) is 2.69. The number of nitrogens with zero attached hydrogens (tertiary/aromatic N) is 2. The summed E-state index contributed by atoms with van der Waals surface area (Å²) in [7, 11) is 0. The number of nitrogens with one attached hydrogen (secondary N) is 2. The van der Waals surface area contributed by atoms with Crippen molar-refractivity contribution in [2.75, 3.05) is 17.6 Å². The van der Waals surface area contributed by atoms with Crippen LogP contribution in [0.5, 0.6) is 0 Å². The van der Waals surface area contributed by atoms with E-state index in [-0.39, 0.29) is 5.95 Å². The van der Waals surface area contributed by atoms with Crippen molar-refractivity contribution in [1.82, 2.24) is 15.4 Å². The molecule has 28 heavy (non-hydrogen) atoms. The summed E-state index contributed by atoms with van der Waals surface area (Å²) in [5.41, 5.74) is 18.2. The molecule has 8 heteroatoms. The highest BCUT2D eigenvalue weighted by atomic mass is 35.5. The first-order chi connectivity index (χ1) is 13.5. The van der Waals surface area contributed by atoms with Gasteiger partial charge < -0.3 is 22.0 Å². The maximum atomic E-state index is 8.87. The predicted molar refractivity (Wildman–Crippen MR) is 112 cm³/mol. The third-order valence-corrected chi connectivity index (χ3v) is 4.89. The summed E-state index contributed by atoms with van der Waals surface area (Å²) in [6, 6.07) is 15.3. The number of benzene rings is 2. The molecule has 1 unspecified atom stereocenters. The second-order valence-corrected chi connectivity index (χ2v) is 6.84. The van der Waals surface area contributed by atoms with Crippen LogP contribution < -0.4 is 22.3 Å². The second-order valence-electron chi connectivity index (χ2n) is 6.43. The van der Waals surface area contributed by atoms with Crippen LogP contribution in [0.2, 0.25) is 5.02 Å². The zero-order valence-electron chi connectivity index (χ0n) is 15.5. The number of halogens is 1. The Hall–Kier alpha value is -2.71. The van der Waals surface area contributed by atoms with Crippen molar-refractivity contribution in [3.8, 4) is 11.3 Å². The van der Waals surface area contributed by atoms with Crippen LogP contribution in [-0.4, -0.2) is 21.7 Å². The van der Waals surface area contributed by atoms with Crippen LogP contribution in [0, 0.1) is 6.92 Å². The first-order valence-corrected chi connectivity index (χ1v) is 9.23. The summed E-state index contributed by atoms with van der Waals surface area (Å²) in [5, 5.41) is 12.8. The third-order valence-electron chi connectivity index (χ3n) is 4.48. The SMILES string of the molecule is Cc1c(Cl)cccc1-c1cc(NCCc2ccc(C(N)NO)cc2)nc(N)n1. The molecule has 0 saturated heterocycles. The Balaban J connectivity index is 1.68. The normalized spacial score (nSPS) is 12.0. The summed E-state index contributed by atoms with van der Waals surface area (Å²) in [6.45, 7) is 2.62. The van der Waals surface area contributed by atoms with Crippen molar-refractivity contribution < 1.29 is 5.21 Å². The van der Waals surface area contributed by atoms with Gasteiger partial charge in [-0.2, -0.15) is 10.5 Å². The van der Waals surface area contributed by atoms with Crippen molar-refractivity contribution in [2.24, 2.45) is 5.73 Å². The van der Waals surface area contributed by atoms with Crippen LogP contribution in [0.1, 0.15) is 22.9 Å². The number of rotatable bonds is 7. The Morgan fingerprint density at radius 3 is 2.61 bits per heavy atom. The molecule has 1 aromatic heterocycles. The van der Waals surface area contributed by atoms with E-state index in [4.69, 9.17) is 28.3 Å². The van der Waals surface area contributed by atoms with Crippen molar-refractivity contribution in [1.29, 1.82) is 0 Å². The van der Waals surface area contributed by atoms with Crippen molar-refractivity contribution >= 4 is 23.4 Å². The molecule has 1 heterocycles. The maximum Gasteiger partial charge on any atom is 0.222 e. The number of hydrogen-bond donors (Lipinski definition) is 5. The first-order valence-electron chi connectivity index (χ1n) is 8.86. The van der Waals surface area contributed by atoms with E-state index in [0.717, 1.165) is 34.4 Å². The minimum atomic E-state index is -0.593. The fourth-order valence-corrected chi connectivity index (χ4v) is 3.05. The fourth-order valence-electron chi connectivity index (χ4n) is 2.88. The smallest absolute Gasteiger partial charge is 0.222 e. The van der Waals surface area contributed by atoms with E-state index in [1.54, 1.807) is 0 Å². The lowest BCUT2D eigenvalue weighted by Gasteiger charge is -2.12. The Bertz CT molecular complexity index is 948. The van der Waals surface area contributed by atoms with Crippen molar-refractivity contribution in [3.05, 3.63) is 70.2 Å². The molecule has 0 saturated carbocycles. The van der Waals surface area contributed by atoms with Gasteiger partial charge in [-0.15, -0.1) is 0 Å². The largest absolute Gasteiger partial charge is 0.370 e. The molecule has 0 bridgehead atoms. The van der Waals surface area contributed by atoms with Gasteiger partial charge >= 0.3 is 0 Å². The van der Waals surface area contributed by atoms with Crippen LogP contribution in [0.15, 0.2) is 48.5 Å². The molecule has 3 aromatic rings. The van der Waals surface area contributed by atoms with E-state index < -0.39 is 6.17 Å². The lowest BCUT2D eigenvalue weighted by Crippen LogP contribution is -2.25. The standard InChI is InChI=1S/C20H23ClN6O/c1-12-15(3-2-4-16(12)21)17-11-18(26-20(23)25-17)24-10-9-13-5-7-14(8-6-13)19(22)27-28/h2-8,11,19,27-28H,9-10,22H2,1H3,(H3,23,24,25,26). The summed E-state index contributed by atoms with van der Waals surface area (Å²) >= 11 is 6.22. The van der Waals surface area contributed by atoms with E-state index in [0.29, 0.717) is 17.4 Å². The summed E-state index contributed by atoms with van der Waals surface area (Å²) in [6.07, 6.45) is 0.196. The number of aromatic nitrogens is 2. The average molecular weight is 399 g/mol. The minimum Gasteiger partial charge on any atom is -0.370 e. The Morgan fingerprint density at radius 1 is 1.14 bits per heavy atom. The van der Waals surface area contributed by atoms with Gasteiger partial charge in [0, 0.05) is 23.2 Å². The quantitative estimate of drug-likeness (QED) is 0.305. The highest BCUT2D eigenvalue weighted by Crippen LogP contribution is 2.28. The van der Waals surface area contributed by atoms with Crippen LogP contribution in [0.4, 0.5) is 11.8 Å². The molecular weight excluding hydrogens is 376 g/mol. The molecule has 0 aliphatic carbocycles. The minimum absolute atomic E-state index is 0.203. The molecule has 1 atom stereocenters. The van der Waals surface area contributed by atoms with Gasteiger partial charge in [-0.1, -0.05) is 48.0 Å². The van der Waals surface area contributed by atoms with E-state index in [1.165, 1.54) is 0 Å². The lowest BCUT2D eigenvalue weighted by atomic mass is 10.1. The van der Waals surface area contributed by atoms with E-state index in [2.05, 4.69) is 15.3 Å². The lowest BCUT2D eigenvalue weighted by molar-refractivity contribution is 0.128. The molecule has 0 fully saturated rings. The number of hydroxylamine groups is 1. The van der Waals surface area contributed by atoms with E-state index >= 15 is 0 Å².